The van der Waals surface area contributed by atoms with Gasteiger partial charge in [0.05, 0.1) is 0 Å². The predicted molar refractivity (Wildman–Crippen MR) is 99.6 cm³/mol. The molecule has 3 rings (SSSR count). The molecule has 0 spiro atoms. The third kappa shape index (κ3) is 3.49. The Morgan fingerprint density at radius 2 is 1.16 bits per heavy atom. The minimum absolute atomic E-state index is 0.608. The first-order valence-corrected chi connectivity index (χ1v) is 9.62. The van der Waals surface area contributed by atoms with Crippen LogP contribution in [0.5, 0.6) is 0 Å². The molecule has 1 atom stereocenters. The Labute approximate surface area is 146 Å². The summed E-state index contributed by atoms with van der Waals surface area (Å²) in [6.07, 6.45) is -0.957. The average Bonchev–Trinajstić information content (AvgIpc) is 2.67. The summed E-state index contributed by atoms with van der Waals surface area (Å²) in [6.45, 7) is 0. The van der Waals surface area contributed by atoms with E-state index in [1.165, 1.54) is 0 Å². The molecule has 126 valence electrons. The van der Waals surface area contributed by atoms with Crippen LogP contribution in [0.2, 0.25) is 0 Å². The van der Waals surface area contributed by atoms with Crippen LogP contribution < -0.4 is 16.3 Å². The third-order valence-electron chi connectivity index (χ3n) is 3.92. The average molecular weight is 351 g/mol. The lowest BCUT2D eigenvalue weighted by atomic mass is 10.2. The molecule has 0 bridgehead atoms. The fraction of sp³-hybridized carbons (Fsp3) is 0.0500. The SMILES string of the molecule is NC(=O)OC(c1ccccc1)P(=O)(c1ccccc1)c1ccccc1. The predicted octanol–water partition coefficient (Wildman–Crippen LogP) is 3.79. The van der Waals surface area contributed by atoms with Crippen LogP contribution in [-0.4, -0.2) is 6.09 Å². The Hall–Kier alpha value is -2.84. The van der Waals surface area contributed by atoms with Crippen molar-refractivity contribution < 1.29 is 14.1 Å². The van der Waals surface area contributed by atoms with E-state index in [-0.39, 0.29) is 0 Å². The van der Waals surface area contributed by atoms with Gasteiger partial charge in [-0.15, -0.1) is 0 Å². The van der Waals surface area contributed by atoms with Gasteiger partial charge in [0.1, 0.15) is 0 Å². The van der Waals surface area contributed by atoms with Crippen molar-refractivity contribution in [3.05, 3.63) is 96.6 Å². The van der Waals surface area contributed by atoms with Crippen molar-refractivity contribution in [2.75, 3.05) is 0 Å². The van der Waals surface area contributed by atoms with E-state index in [0.717, 1.165) is 0 Å². The van der Waals surface area contributed by atoms with Crippen LogP contribution in [0.15, 0.2) is 91.0 Å². The van der Waals surface area contributed by atoms with Crippen LogP contribution in [0.1, 0.15) is 11.4 Å². The first-order valence-electron chi connectivity index (χ1n) is 7.84. The summed E-state index contributed by atoms with van der Waals surface area (Å²) in [5.74, 6) is -0.990. The second-order valence-corrected chi connectivity index (χ2v) is 8.35. The van der Waals surface area contributed by atoms with Crippen LogP contribution in [0.4, 0.5) is 4.79 Å². The number of hydrogen-bond acceptors (Lipinski definition) is 3. The van der Waals surface area contributed by atoms with E-state index < -0.39 is 19.1 Å². The molecule has 0 radical (unpaired) electrons. The third-order valence-corrected chi connectivity index (χ3v) is 7.12. The molecule has 0 heterocycles. The maximum Gasteiger partial charge on any atom is 0.405 e. The number of carbonyl (C=O) groups excluding carboxylic acids is 1. The summed E-state index contributed by atoms with van der Waals surface area (Å²) in [7, 11) is -3.33. The minimum atomic E-state index is -3.33. The summed E-state index contributed by atoms with van der Waals surface area (Å²) in [5, 5.41) is 1.22. The van der Waals surface area contributed by atoms with Gasteiger partial charge in [-0.3, -0.25) is 0 Å². The van der Waals surface area contributed by atoms with Crippen LogP contribution >= 0.6 is 7.14 Å². The van der Waals surface area contributed by atoms with Crippen molar-refractivity contribution in [2.45, 2.75) is 5.85 Å². The largest absolute Gasteiger partial charge is 0.433 e. The number of nitrogens with two attached hydrogens (primary N) is 1. The number of carbonyl (C=O) groups is 1. The molecule has 0 fully saturated rings. The molecule has 3 aromatic rings. The van der Waals surface area contributed by atoms with Gasteiger partial charge in [0.15, 0.2) is 13.0 Å². The number of rotatable bonds is 5. The molecule has 1 amide bonds. The molecule has 0 aliphatic heterocycles. The zero-order chi connectivity index (χ0) is 17.7. The Morgan fingerprint density at radius 3 is 1.56 bits per heavy atom. The monoisotopic (exact) mass is 351 g/mol. The smallest absolute Gasteiger partial charge is 0.405 e. The lowest BCUT2D eigenvalue weighted by molar-refractivity contribution is 0.142. The number of hydrogen-bond donors (Lipinski definition) is 1. The highest BCUT2D eigenvalue weighted by Crippen LogP contribution is 2.57. The Balaban J connectivity index is 2.25. The van der Waals surface area contributed by atoms with Crippen molar-refractivity contribution in [2.24, 2.45) is 5.73 Å². The molecule has 1 unspecified atom stereocenters. The number of amides is 1. The van der Waals surface area contributed by atoms with Gasteiger partial charge in [-0.2, -0.15) is 0 Å². The van der Waals surface area contributed by atoms with Crippen molar-refractivity contribution >= 4 is 23.8 Å². The van der Waals surface area contributed by atoms with Gasteiger partial charge in [0.2, 0.25) is 0 Å². The second-order valence-electron chi connectivity index (χ2n) is 5.53. The summed E-state index contributed by atoms with van der Waals surface area (Å²) < 4.78 is 19.7. The number of ether oxygens (including phenoxy) is 1. The molecule has 0 aliphatic rings. The summed E-state index contributed by atoms with van der Waals surface area (Å²) >= 11 is 0. The van der Waals surface area contributed by atoms with Gasteiger partial charge in [-0.25, -0.2) is 4.79 Å². The maximum absolute atomic E-state index is 14.3. The first-order chi connectivity index (χ1) is 12.1. The van der Waals surface area contributed by atoms with Crippen molar-refractivity contribution in [1.82, 2.24) is 0 Å². The fourth-order valence-corrected chi connectivity index (χ4v) is 5.71. The highest BCUT2D eigenvalue weighted by Gasteiger charge is 2.40. The molecular weight excluding hydrogens is 333 g/mol. The zero-order valence-corrected chi connectivity index (χ0v) is 14.4. The maximum atomic E-state index is 14.3. The lowest BCUT2D eigenvalue weighted by Crippen LogP contribution is -2.26. The Kier molecular flexibility index (Phi) is 5.01. The highest BCUT2D eigenvalue weighted by atomic mass is 31.2. The fourth-order valence-electron chi connectivity index (χ4n) is 2.80. The van der Waals surface area contributed by atoms with E-state index in [9.17, 15) is 9.36 Å². The van der Waals surface area contributed by atoms with E-state index >= 15 is 0 Å². The van der Waals surface area contributed by atoms with Gasteiger partial charge in [0, 0.05) is 16.2 Å². The van der Waals surface area contributed by atoms with Crippen LogP contribution in [0.3, 0.4) is 0 Å². The van der Waals surface area contributed by atoms with Crippen molar-refractivity contribution in [3.63, 3.8) is 0 Å². The molecule has 5 heteroatoms. The van der Waals surface area contributed by atoms with Crippen LogP contribution in [0, 0.1) is 0 Å². The van der Waals surface area contributed by atoms with E-state index in [1.54, 1.807) is 36.4 Å². The summed E-state index contributed by atoms with van der Waals surface area (Å²) in [5.41, 5.74) is 5.94. The molecule has 0 aliphatic carbocycles. The van der Waals surface area contributed by atoms with Gasteiger partial charge >= 0.3 is 6.09 Å². The first kappa shape index (κ1) is 17.0. The van der Waals surface area contributed by atoms with E-state index in [4.69, 9.17) is 10.5 Å². The van der Waals surface area contributed by atoms with Crippen molar-refractivity contribution in [3.8, 4) is 0 Å². The molecule has 2 N–H and O–H groups in total. The molecule has 0 saturated heterocycles. The summed E-state index contributed by atoms with van der Waals surface area (Å²) in [6, 6.07) is 27.2. The molecular formula is C20H18NO3P. The Bertz CT molecular complexity index is 839. The van der Waals surface area contributed by atoms with Crippen LogP contribution in [-0.2, 0) is 9.30 Å². The van der Waals surface area contributed by atoms with Gasteiger partial charge in [-0.05, 0) is 0 Å². The molecule has 0 aromatic heterocycles. The second kappa shape index (κ2) is 7.37. The molecule has 0 saturated carbocycles. The summed E-state index contributed by atoms with van der Waals surface area (Å²) in [4.78, 5) is 11.6. The van der Waals surface area contributed by atoms with Gasteiger partial charge in [-0.1, -0.05) is 91.0 Å². The van der Waals surface area contributed by atoms with E-state index in [2.05, 4.69) is 0 Å². The minimum Gasteiger partial charge on any atom is -0.433 e. The molecule has 3 aromatic carbocycles. The topological polar surface area (TPSA) is 69.4 Å². The quantitative estimate of drug-likeness (QED) is 0.711. The number of primary amides is 1. The lowest BCUT2D eigenvalue weighted by Gasteiger charge is -2.28. The van der Waals surface area contributed by atoms with E-state index in [1.807, 2.05) is 54.6 Å². The number of benzene rings is 3. The van der Waals surface area contributed by atoms with Crippen molar-refractivity contribution in [1.29, 1.82) is 0 Å². The normalized spacial score (nSPS) is 12.3. The van der Waals surface area contributed by atoms with Crippen LogP contribution in [0.25, 0.3) is 0 Å². The highest BCUT2D eigenvalue weighted by molar-refractivity contribution is 7.78. The zero-order valence-electron chi connectivity index (χ0n) is 13.5. The Morgan fingerprint density at radius 1 is 0.760 bits per heavy atom. The molecule has 4 nitrogen and oxygen atoms in total. The van der Waals surface area contributed by atoms with Gasteiger partial charge in [0.25, 0.3) is 0 Å². The van der Waals surface area contributed by atoms with Gasteiger partial charge < -0.3 is 15.0 Å². The standard InChI is InChI=1S/C20H18NO3P/c21-20(22)24-19(16-10-4-1-5-11-16)25(23,17-12-6-2-7-13-17)18-14-8-3-9-15-18/h1-15,19H,(H2,21,22). The van der Waals surface area contributed by atoms with E-state index in [0.29, 0.717) is 16.2 Å². The molecule has 25 heavy (non-hydrogen) atoms.